The van der Waals surface area contributed by atoms with E-state index in [1.165, 1.54) is 18.1 Å². The van der Waals surface area contributed by atoms with E-state index in [9.17, 15) is 9.59 Å². The smallest absolute Gasteiger partial charge is 0.310 e. The molecule has 0 aliphatic rings. The molecule has 0 heterocycles. The van der Waals surface area contributed by atoms with Crippen LogP contribution in [0.5, 0.6) is 5.75 Å². The van der Waals surface area contributed by atoms with Crippen molar-refractivity contribution in [2.75, 3.05) is 33.9 Å². The fourth-order valence-corrected chi connectivity index (χ4v) is 2.04. The first-order chi connectivity index (χ1) is 11.0. The van der Waals surface area contributed by atoms with E-state index in [4.69, 9.17) is 9.84 Å². The van der Waals surface area contributed by atoms with Gasteiger partial charge in [-0.1, -0.05) is 19.1 Å². The summed E-state index contributed by atoms with van der Waals surface area (Å²) in [6.45, 7) is 1.85. The third-order valence-corrected chi connectivity index (χ3v) is 3.29. The van der Waals surface area contributed by atoms with E-state index in [0.29, 0.717) is 5.75 Å². The van der Waals surface area contributed by atoms with Crippen LogP contribution in [-0.4, -0.2) is 55.8 Å². The Morgan fingerprint density at radius 2 is 2.09 bits per heavy atom. The SMILES string of the molecule is COC(=O)C(C)CN(CCO)C(=O)/C=C/c1cccc(OC)c1. The van der Waals surface area contributed by atoms with E-state index in [2.05, 4.69) is 4.74 Å². The number of rotatable bonds is 8. The van der Waals surface area contributed by atoms with Crippen molar-refractivity contribution in [2.45, 2.75) is 6.92 Å². The molecule has 0 aliphatic heterocycles. The summed E-state index contributed by atoms with van der Waals surface area (Å²) in [7, 11) is 2.88. The molecule has 0 saturated heterocycles. The lowest BCUT2D eigenvalue weighted by Crippen LogP contribution is -2.38. The number of hydrogen-bond donors (Lipinski definition) is 1. The van der Waals surface area contributed by atoms with Gasteiger partial charge in [0.05, 0.1) is 26.7 Å². The van der Waals surface area contributed by atoms with E-state index in [-0.39, 0.29) is 25.6 Å². The standard InChI is InChI=1S/C17H23NO5/c1-13(17(21)23-3)12-18(9-10-19)16(20)8-7-14-5-4-6-15(11-14)22-2/h4-8,11,13,19H,9-10,12H2,1-3H3/b8-7+. The Labute approximate surface area is 136 Å². The summed E-state index contributed by atoms with van der Waals surface area (Å²) in [5, 5.41) is 9.10. The molecule has 6 heteroatoms. The Hall–Kier alpha value is -2.34. The fourth-order valence-electron chi connectivity index (χ4n) is 2.04. The molecule has 6 nitrogen and oxygen atoms in total. The van der Waals surface area contributed by atoms with Crippen LogP contribution >= 0.6 is 0 Å². The molecule has 1 unspecified atom stereocenters. The van der Waals surface area contributed by atoms with Gasteiger partial charge in [0.15, 0.2) is 0 Å². The Morgan fingerprint density at radius 1 is 1.35 bits per heavy atom. The molecule has 1 N–H and O–H groups in total. The van der Waals surface area contributed by atoms with Gasteiger partial charge in [-0.3, -0.25) is 9.59 Å². The number of nitrogens with zero attached hydrogens (tertiary/aromatic N) is 1. The van der Waals surface area contributed by atoms with Crippen LogP contribution in [0.25, 0.3) is 6.08 Å². The summed E-state index contributed by atoms with van der Waals surface area (Å²) >= 11 is 0. The van der Waals surface area contributed by atoms with Gasteiger partial charge in [0.1, 0.15) is 5.75 Å². The molecule has 1 aromatic rings. The number of carbonyl (C=O) groups excluding carboxylic acids is 2. The number of benzene rings is 1. The van der Waals surface area contributed by atoms with Crippen molar-refractivity contribution in [2.24, 2.45) is 5.92 Å². The molecule has 0 aromatic heterocycles. The Balaban J connectivity index is 2.76. The third kappa shape index (κ3) is 6.12. The Morgan fingerprint density at radius 3 is 2.70 bits per heavy atom. The van der Waals surface area contributed by atoms with Gasteiger partial charge in [-0.2, -0.15) is 0 Å². The number of amides is 1. The highest BCUT2D eigenvalue weighted by Crippen LogP contribution is 2.14. The second kappa shape index (κ2) is 9.63. The molecule has 0 radical (unpaired) electrons. The summed E-state index contributed by atoms with van der Waals surface area (Å²) in [5.41, 5.74) is 0.822. The maximum absolute atomic E-state index is 12.3. The minimum absolute atomic E-state index is 0.155. The number of aliphatic hydroxyl groups excluding tert-OH is 1. The number of methoxy groups -OCH3 is 2. The predicted octanol–water partition coefficient (Wildman–Crippen LogP) is 1.34. The number of ether oxygens (including phenoxy) is 2. The highest BCUT2D eigenvalue weighted by atomic mass is 16.5. The summed E-state index contributed by atoms with van der Waals surface area (Å²) in [5.74, 6) is -0.429. The van der Waals surface area contributed by atoms with Gasteiger partial charge in [-0.25, -0.2) is 0 Å². The molecular weight excluding hydrogens is 298 g/mol. The van der Waals surface area contributed by atoms with E-state index in [0.717, 1.165) is 5.56 Å². The summed E-state index contributed by atoms with van der Waals surface area (Å²) in [6, 6.07) is 7.29. The molecule has 1 rings (SSSR count). The van der Waals surface area contributed by atoms with Crippen molar-refractivity contribution in [3.05, 3.63) is 35.9 Å². The summed E-state index contributed by atoms with van der Waals surface area (Å²) in [4.78, 5) is 25.1. The highest BCUT2D eigenvalue weighted by molar-refractivity contribution is 5.92. The topological polar surface area (TPSA) is 76.1 Å². The summed E-state index contributed by atoms with van der Waals surface area (Å²) in [6.07, 6.45) is 3.08. The van der Waals surface area contributed by atoms with E-state index < -0.39 is 11.9 Å². The number of aliphatic hydroxyl groups is 1. The monoisotopic (exact) mass is 321 g/mol. The Bertz CT molecular complexity index is 556. The fraction of sp³-hybridized carbons (Fsp3) is 0.412. The molecule has 1 amide bonds. The van der Waals surface area contributed by atoms with E-state index >= 15 is 0 Å². The zero-order valence-electron chi connectivity index (χ0n) is 13.7. The molecule has 1 aromatic carbocycles. The zero-order chi connectivity index (χ0) is 17.2. The van der Waals surface area contributed by atoms with Gasteiger partial charge in [-0.15, -0.1) is 0 Å². The quantitative estimate of drug-likeness (QED) is 0.577. The van der Waals surface area contributed by atoms with Gasteiger partial charge in [0.2, 0.25) is 5.91 Å². The van der Waals surface area contributed by atoms with Crippen LogP contribution in [0, 0.1) is 5.92 Å². The van der Waals surface area contributed by atoms with Crippen LogP contribution in [0.2, 0.25) is 0 Å². The molecule has 0 spiro atoms. The molecule has 23 heavy (non-hydrogen) atoms. The minimum atomic E-state index is -0.458. The molecule has 0 fully saturated rings. The number of esters is 1. The maximum atomic E-state index is 12.3. The normalized spacial score (nSPS) is 12.0. The first-order valence-electron chi connectivity index (χ1n) is 7.31. The van der Waals surface area contributed by atoms with Gasteiger partial charge in [-0.05, 0) is 23.8 Å². The first kappa shape index (κ1) is 18.7. The maximum Gasteiger partial charge on any atom is 0.310 e. The lowest BCUT2D eigenvalue weighted by Gasteiger charge is -2.22. The molecular formula is C17H23NO5. The minimum Gasteiger partial charge on any atom is -0.497 e. The molecule has 0 saturated carbocycles. The number of hydrogen-bond acceptors (Lipinski definition) is 5. The van der Waals surface area contributed by atoms with E-state index in [1.54, 1.807) is 26.2 Å². The highest BCUT2D eigenvalue weighted by Gasteiger charge is 2.19. The van der Waals surface area contributed by atoms with Crippen LogP contribution in [-0.2, 0) is 14.3 Å². The van der Waals surface area contributed by atoms with Crippen LogP contribution in [0.3, 0.4) is 0 Å². The van der Waals surface area contributed by atoms with Crippen molar-refractivity contribution < 1.29 is 24.2 Å². The van der Waals surface area contributed by atoms with Crippen molar-refractivity contribution in [3.63, 3.8) is 0 Å². The lowest BCUT2D eigenvalue weighted by atomic mass is 10.1. The second-order valence-electron chi connectivity index (χ2n) is 5.04. The van der Waals surface area contributed by atoms with E-state index in [1.807, 2.05) is 18.2 Å². The molecule has 126 valence electrons. The second-order valence-corrected chi connectivity index (χ2v) is 5.04. The average Bonchev–Trinajstić information content (AvgIpc) is 2.58. The van der Waals surface area contributed by atoms with Gasteiger partial charge >= 0.3 is 5.97 Å². The van der Waals surface area contributed by atoms with Crippen LogP contribution < -0.4 is 4.74 Å². The molecule has 0 bridgehead atoms. The molecule has 0 aliphatic carbocycles. The van der Waals surface area contributed by atoms with Crippen LogP contribution in [0.1, 0.15) is 12.5 Å². The molecule has 1 atom stereocenters. The average molecular weight is 321 g/mol. The third-order valence-electron chi connectivity index (χ3n) is 3.29. The van der Waals surface area contributed by atoms with Crippen molar-refractivity contribution in [1.29, 1.82) is 0 Å². The first-order valence-corrected chi connectivity index (χ1v) is 7.31. The van der Waals surface area contributed by atoms with Crippen LogP contribution in [0.4, 0.5) is 0 Å². The van der Waals surface area contributed by atoms with Crippen LogP contribution in [0.15, 0.2) is 30.3 Å². The predicted molar refractivity (Wildman–Crippen MR) is 86.9 cm³/mol. The summed E-state index contributed by atoms with van der Waals surface area (Å²) < 4.78 is 9.78. The largest absolute Gasteiger partial charge is 0.497 e. The van der Waals surface area contributed by atoms with Crippen molar-refractivity contribution >= 4 is 18.0 Å². The van der Waals surface area contributed by atoms with Gasteiger partial charge in [0.25, 0.3) is 0 Å². The lowest BCUT2D eigenvalue weighted by molar-refractivity contribution is -0.146. The van der Waals surface area contributed by atoms with Crippen molar-refractivity contribution in [3.8, 4) is 5.75 Å². The van der Waals surface area contributed by atoms with Crippen molar-refractivity contribution in [1.82, 2.24) is 4.90 Å². The van der Waals surface area contributed by atoms with Gasteiger partial charge < -0.3 is 19.5 Å². The Kier molecular flexibility index (Phi) is 7.83. The number of carbonyl (C=O) groups is 2. The van der Waals surface area contributed by atoms with Gasteiger partial charge in [0, 0.05) is 19.2 Å². The zero-order valence-corrected chi connectivity index (χ0v) is 13.7.